The molecule has 0 spiro atoms. The summed E-state index contributed by atoms with van der Waals surface area (Å²) in [5.41, 5.74) is 2.89. The first kappa shape index (κ1) is 17.1. The molecule has 0 aliphatic carbocycles. The molecule has 0 atom stereocenters. The van der Waals surface area contributed by atoms with Gasteiger partial charge in [-0.15, -0.1) is 0 Å². The lowest BCUT2D eigenvalue weighted by molar-refractivity contribution is 0.156. The van der Waals surface area contributed by atoms with Gasteiger partial charge in [-0.05, 0) is 6.07 Å². The van der Waals surface area contributed by atoms with E-state index in [9.17, 15) is 0 Å². The van der Waals surface area contributed by atoms with Crippen molar-refractivity contribution >= 4 is 26.7 Å². The highest BCUT2D eigenvalue weighted by Crippen LogP contribution is 2.30. The Morgan fingerprint density at radius 1 is 1.07 bits per heavy atom. The Kier molecular flexibility index (Phi) is 4.36. The van der Waals surface area contributed by atoms with Gasteiger partial charge in [-0.2, -0.15) is 5.10 Å². The average Bonchev–Trinajstić information content (AvgIpc) is 3.35. The maximum Gasteiger partial charge on any atom is 0.316 e. The topological polar surface area (TPSA) is 81.9 Å². The quantitative estimate of drug-likeness (QED) is 0.527. The lowest BCUT2D eigenvalue weighted by Gasteiger charge is -2.31. The first-order valence-electron chi connectivity index (χ1n) is 9.18. The van der Waals surface area contributed by atoms with Crippen LogP contribution in [0.2, 0.25) is 0 Å². The average molecular weight is 393 g/mol. The van der Waals surface area contributed by atoms with E-state index in [2.05, 4.69) is 25.0 Å². The van der Waals surface area contributed by atoms with Gasteiger partial charge in [0.15, 0.2) is 5.13 Å². The fourth-order valence-corrected chi connectivity index (χ4v) is 4.30. The van der Waals surface area contributed by atoms with Gasteiger partial charge in [0.25, 0.3) is 0 Å². The minimum absolute atomic E-state index is 0.122. The summed E-state index contributed by atoms with van der Waals surface area (Å²) < 4.78 is 8.93. The summed E-state index contributed by atoms with van der Waals surface area (Å²) in [5.74, 6) is 0. The van der Waals surface area contributed by atoms with Crippen molar-refractivity contribution in [1.82, 2.24) is 29.7 Å². The molecule has 0 amide bonds. The number of thiazole rings is 1. The van der Waals surface area contributed by atoms with Gasteiger partial charge >= 0.3 is 6.01 Å². The van der Waals surface area contributed by atoms with Crippen LogP contribution in [0.1, 0.15) is 12.8 Å². The first-order chi connectivity index (χ1) is 13.7. The van der Waals surface area contributed by atoms with E-state index in [0.29, 0.717) is 6.01 Å². The fourth-order valence-electron chi connectivity index (χ4n) is 3.31. The third kappa shape index (κ3) is 3.40. The maximum atomic E-state index is 6.00. The van der Waals surface area contributed by atoms with Crippen molar-refractivity contribution in [2.24, 2.45) is 7.05 Å². The van der Waals surface area contributed by atoms with Gasteiger partial charge in [-0.1, -0.05) is 11.3 Å². The van der Waals surface area contributed by atoms with E-state index in [1.54, 1.807) is 34.6 Å². The smallest absolute Gasteiger partial charge is 0.316 e. The number of fused-ring (bicyclic) bond motifs is 1. The number of nitrogens with zero attached hydrogens (tertiary/aromatic N) is 7. The summed E-state index contributed by atoms with van der Waals surface area (Å²) >= 11 is 1.71. The molecule has 5 rings (SSSR count). The molecule has 28 heavy (non-hydrogen) atoms. The van der Waals surface area contributed by atoms with Gasteiger partial charge in [-0.3, -0.25) is 9.67 Å². The van der Waals surface area contributed by atoms with Crippen molar-refractivity contribution in [2.45, 2.75) is 18.9 Å². The van der Waals surface area contributed by atoms with Crippen LogP contribution in [0.4, 0.5) is 5.13 Å². The largest absolute Gasteiger partial charge is 0.460 e. The molecule has 0 unspecified atom stereocenters. The summed E-state index contributed by atoms with van der Waals surface area (Å²) in [7, 11) is 1.89. The van der Waals surface area contributed by atoms with Crippen molar-refractivity contribution in [3.05, 3.63) is 43.2 Å². The predicted molar refractivity (Wildman–Crippen MR) is 108 cm³/mol. The number of hydrogen-bond donors (Lipinski definition) is 0. The molecule has 0 saturated carbocycles. The van der Waals surface area contributed by atoms with Crippen LogP contribution in [0.15, 0.2) is 43.2 Å². The zero-order valence-electron chi connectivity index (χ0n) is 15.4. The lowest BCUT2D eigenvalue weighted by atomic mass is 10.1. The Morgan fingerprint density at radius 2 is 1.89 bits per heavy atom. The molecule has 1 saturated heterocycles. The molecule has 8 nitrogen and oxygen atoms in total. The van der Waals surface area contributed by atoms with Gasteiger partial charge in [0.2, 0.25) is 0 Å². The summed E-state index contributed by atoms with van der Waals surface area (Å²) in [5, 5.41) is 5.23. The second-order valence-corrected chi connectivity index (χ2v) is 7.81. The predicted octanol–water partition coefficient (Wildman–Crippen LogP) is 2.93. The monoisotopic (exact) mass is 393 g/mol. The molecule has 142 valence electrons. The van der Waals surface area contributed by atoms with E-state index in [0.717, 1.165) is 47.7 Å². The second-order valence-electron chi connectivity index (χ2n) is 6.80. The molecule has 4 aromatic rings. The van der Waals surface area contributed by atoms with Gasteiger partial charge in [0, 0.05) is 68.9 Å². The highest BCUT2D eigenvalue weighted by Gasteiger charge is 2.23. The highest BCUT2D eigenvalue weighted by atomic mass is 32.1. The summed E-state index contributed by atoms with van der Waals surface area (Å²) in [4.78, 5) is 19.9. The van der Waals surface area contributed by atoms with Gasteiger partial charge in [-0.25, -0.2) is 15.0 Å². The van der Waals surface area contributed by atoms with E-state index >= 15 is 0 Å². The van der Waals surface area contributed by atoms with Gasteiger partial charge in [0.05, 0.1) is 17.1 Å². The van der Waals surface area contributed by atoms with E-state index in [1.165, 1.54) is 4.70 Å². The fraction of sp³-hybridized carbons (Fsp3) is 0.316. The molecule has 1 aliphatic rings. The molecule has 1 fully saturated rings. The third-order valence-electron chi connectivity index (χ3n) is 4.83. The zero-order chi connectivity index (χ0) is 18.9. The molecule has 1 aliphatic heterocycles. The minimum Gasteiger partial charge on any atom is -0.460 e. The van der Waals surface area contributed by atoms with Crippen molar-refractivity contribution in [2.75, 3.05) is 18.0 Å². The number of aromatic nitrogens is 6. The summed E-state index contributed by atoms with van der Waals surface area (Å²) in [6.07, 6.45) is 12.9. The van der Waals surface area contributed by atoms with E-state index in [1.807, 2.05) is 31.7 Å². The van der Waals surface area contributed by atoms with Crippen molar-refractivity contribution < 1.29 is 4.74 Å². The molecule has 0 radical (unpaired) electrons. The number of ether oxygens (including phenoxy) is 1. The molecule has 9 heteroatoms. The van der Waals surface area contributed by atoms with Crippen LogP contribution < -0.4 is 9.64 Å². The number of aryl methyl sites for hydroxylation is 1. The number of hydrogen-bond acceptors (Lipinski definition) is 8. The van der Waals surface area contributed by atoms with E-state index in [4.69, 9.17) is 9.72 Å². The Labute approximate surface area is 165 Å². The SMILES string of the molecule is Cn1cc(-c2cnc(OC3CCN(c4nc5cnccc5s4)CC3)nc2)cn1. The van der Waals surface area contributed by atoms with Crippen molar-refractivity contribution in [3.8, 4) is 17.1 Å². The first-order valence-corrected chi connectivity index (χ1v) is 9.99. The molecule has 0 aromatic carbocycles. The van der Waals surface area contributed by atoms with E-state index in [-0.39, 0.29) is 6.10 Å². The van der Waals surface area contributed by atoms with Crippen LogP contribution >= 0.6 is 11.3 Å². The molecular formula is C19H19N7OS. The molecule has 0 bridgehead atoms. The standard InChI is InChI=1S/C19H19N7OS/c1-25-12-14(10-23-25)13-8-21-18(22-9-13)27-15-3-6-26(7-4-15)19-24-16-11-20-5-2-17(16)28-19/h2,5,8-12,15H,3-4,6-7H2,1H3. The number of pyridine rings is 1. The van der Waals surface area contributed by atoms with Crippen LogP contribution in [-0.2, 0) is 7.05 Å². The van der Waals surface area contributed by atoms with Crippen LogP contribution in [-0.4, -0.2) is 48.9 Å². The lowest BCUT2D eigenvalue weighted by Crippen LogP contribution is -2.38. The van der Waals surface area contributed by atoms with Crippen LogP contribution in [0.25, 0.3) is 21.3 Å². The van der Waals surface area contributed by atoms with Crippen LogP contribution in [0.5, 0.6) is 6.01 Å². The third-order valence-corrected chi connectivity index (χ3v) is 5.93. The Morgan fingerprint density at radius 3 is 2.61 bits per heavy atom. The van der Waals surface area contributed by atoms with Crippen LogP contribution in [0.3, 0.4) is 0 Å². The summed E-state index contributed by atoms with van der Waals surface area (Å²) in [6.45, 7) is 1.82. The van der Waals surface area contributed by atoms with Crippen molar-refractivity contribution in [1.29, 1.82) is 0 Å². The molecule has 0 N–H and O–H groups in total. The Hall–Kier alpha value is -3.07. The second kappa shape index (κ2) is 7.16. The zero-order valence-corrected chi connectivity index (χ0v) is 16.2. The number of anilines is 1. The number of piperidine rings is 1. The van der Waals surface area contributed by atoms with Crippen LogP contribution in [0, 0.1) is 0 Å². The minimum atomic E-state index is 0.122. The van der Waals surface area contributed by atoms with E-state index < -0.39 is 0 Å². The molecule has 4 aromatic heterocycles. The highest BCUT2D eigenvalue weighted by molar-refractivity contribution is 7.22. The maximum absolute atomic E-state index is 6.00. The molecular weight excluding hydrogens is 374 g/mol. The number of rotatable bonds is 4. The normalized spacial score (nSPS) is 15.2. The van der Waals surface area contributed by atoms with Gasteiger partial charge in [0.1, 0.15) is 11.6 Å². The summed E-state index contributed by atoms with van der Waals surface area (Å²) in [6, 6.07) is 2.44. The Balaban J connectivity index is 1.20. The molecule has 5 heterocycles. The van der Waals surface area contributed by atoms with Crippen molar-refractivity contribution in [3.63, 3.8) is 0 Å². The van der Waals surface area contributed by atoms with Gasteiger partial charge < -0.3 is 9.64 Å². The Bertz CT molecular complexity index is 1050.